The van der Waals surface area contributed by atoms with Gasteiger partial charge in [-0.1, -0.05) is 6.92 Å². The first-order valence-corrected chi connectivity index (χ1v) is 17.6. The predicted octanol–water partition coefficient (Wildman–Crippen LogP) is 3.85. The molecule has 3 heterocycles. The summed E-state index contributed by atoms with van der Waals surface area (Å²) < 4.78 is 11.2. The van der Waals surface area contributed by atoms with E-state index >= 15 is 0 Å². The first-order chi connectivity index (χ1) is 23.4. The Hall–Kier alpha value is -4.19. The summed E-state index contributed by atoms with van der Waals surface area (Å²) in [4.78, 5) is 64.7. The summed E-state index contributed by atoms with van der Waals surface area (Å²) in [5.74, 6) is -1.12. The van der Waals surface area contributed by atoms with E-state index in [0.717, 1.165) is 0 Å². The number of rotatable bonds is 14. The zero-order valence-corrected chi connectivity index (χ0v) is 28.3. The molecule has 2 aromatic rings. The quantitative estimate of drug-likeness (QED) is 0.0939. The SMILES string of the molecule is C[C@@H](O)[C@H]1C(=O)N2C(C(=O)OCc3ccc([N+](=O)[O-])cc3)=C(S[C@H]3C[C@@H](CSCCO)N(C(=O)OCc4ccc([N+](=O)[O-])cc4)C3)[C@H](C)[C@H]12. The number of esters is 1. The van der Waals surface area contributed by atoms with Gasteiger partial charge in [-0.3, -0.25) is 25.0 Å². The summed E-state index contributed by atoms with van der Waals surface area (Å²) in [5.41, 5.74) is 1.02. The highest BCUT2D eigenvalue weighted by molar-refractivity contribution is 8.03. The Balaban J connectivity index is 1.33. The van der Waals surface area contributed by atoms with E-state index in [1.165, 1.54) is 83.9 Å². The average molecular weight is 717 g/mol. The number of nitrogens with zero attached hydrogens (tertiary/aromatic N) is 4. The number of aliphatic hydroxyl groups is 2. The molecule has 0 saturated carbocycles. The molecule has 2 saturated heterocycles. The lowest BCUT2D eigenvalue weighted by molar-refractivity contribution is -0.385. The number of amides is 2. The number of nitro groups is 2. The zero-order chi connectivity index (χ0) is 35.4. The smallest absolute Gasteiger partial charge is 0.410 e. The molecule has 2 N–H and O–H groups in total. The van der Waals surface area contributed by atoms with E-state index in [9.17, 15) is 44.8 Å². The lowest BCUT2D eigenvalue weighted by Crippen LogP contribution is -2.63. The number of hydrogen-bond acceptors (Lipinski definition) is 13. The van der Waals surface area contributed by atoms with Crippen molar-refractivity contribution < 1.29 is 43.9 Å². The van der Waals surface area contributed by atoms with Gasteiger partial charge in [0.15, 0.2) is 0 Å². The highest BCUT2D eigenvalue weighted by Crippen LogP contribution is 2.52. The van der Waals surface area contributed by atoms with E-state index in [0.29, 0.717) is 34.0 Å². The number of non-ortho nitro benzene ring substituents is 2. The number of carbonyl (C=O) groups excluding carboxylic acids is 3. The van der Waals surface area contributed by atoms with E-state index in [-0.39, 0.29) is 66.6 Å². The van der Waals surface area contributed by atoms with Crippen LogP contribution in [0.4, 0.5) is 16.2 Å². The number of aliphatic hydroxyl groups excluding tert-OH is 2. The minimum atomic E-state index is -0.932. The predicted molar refractivity (Wildman–Crippen MR) is 179 cm³/mol. The van der Waals surface area contributed by atoms with E-state index in [2.05, 4.69) is 0 Å². The van der Waals surface area contributed by atoms with Crippen LogP contribution in [0.1, 0.15) is 31.4 Å². The Morgan fingerprint density at radius 2 is 1.57 bits per heavy atom. The molecule has 5 rings (SSSR count). The molecule has 15 nitrogen and oxygen atoms in total. The van der Waals surface area contributed by atoms with E-state index < -0.39 is 40.0 Å². The lowest BCUT2D eigenvalue weighted by Gasteiger charge is -2.46. The minimum absolute atomic E-state index is 0.0222. The standard InChI is InChI=1S/C32H36N4O11S2/c1-18-27-26(19(2)38)30(39)34(27)28(31(40)46-15-20-3-7-22(8-4-20)35(42)43)29(18)49-25-13-24(17-48-12-11-37)33(14-25)32(41)47-16-21-5-9-23(10-6-21)36(44)45/h3-10,18-19,24-27,37-38H,11-17H2,1-2H3/t18-,19-,24+,25+,26-,27-/m1/s1. The molecular formula is C32H36N4O11S2. The van der Waals surface area contributed by atoms with Crippen molar-refractivity contribution in [3.8, 4) is 0 Å². The molecule has 0 aliphatic carbocycles. The van der Waals surface area contributed by atoms with Crippen LogP contribution in [0.3, 0.4) is 0 Å². The van der Waals surface area contributed by atoms with Gasteiger partial charge in [-0.05, 0) is 48.7 Å². The molecule has 49 heavy (non-hydrogen) atoms. The van der Waals surface area contributed by atoms with Gasteiger partial charge in [0.1, 0.15) is 18.9 Å². The first kappa shape index (κ1) is 36.1. The van der Waals surface area contributed by atoms with Crippen molar-refractivity contribution in [2.45, 2.75) is 56.9 Å². The zero-order valence-electron chi connectivity index (χ0n) is 26.7. The average Bonchev–Trinajstić information content (AvgIpc) is 3.58. The monoisotopic (exact) mass is 716 g/mol. The molecule has 2 aromatic carbocycles. The Morgan fingerprint density at radius 1 is 1.00 bits per heavy atom. The number of nitro benzene ring substituents is 2. The number of β-lactam (4-membered cyclic amide) rings is 1. The van der Waals surface area contributed by atoms with Crippen LogP contribution in [0.15, 0.2) is 59.1 Å². The second kappa shape index (κ2) is 15.6. The van der Waals surface area contributed by atoms with Crippen molar-refractivity contribution in [2.24, 2.45) is 11.8 Å². The molecule has 17 heteroatoms. The largest absolute Gasteiger partial charge is 0.456 e. The van der Waals surface area contributed by atoms with Crippen LogP contribution in [-0.2, 0) is 32.3 Å². The maximum atomic E-state index is 13.6. The molecule has 2 amide bonds. The summed E-state index contributed by atoms with van der Waals surface area (Å²) >= 11 is 2.87. The third-order valence-electron chi connectivity index (χ3n) is 8.78. The summed E-state index contributed by atoms with van der Waals surface area (Å²) in [6.07, 6.45) is -0.964. The molecule has 3 aliphatic heterocycles. The highest BCUT2D eigenvalue weighted by atomic mass is 32.2. The third-order valence-corrected chi connectivity index (χ3v) is 11.4. The van der Waals surface area contributed by atoms with Gasteiger partial charge in [-0.25, -0.2) is 9.59 Å². The van der Waals surface area contributed by atoms with E-state index in [1.54, 1.807) is 4.90 Å². The second-order valence-corrected chi connectivity index (χ2v) is 14.5. The molecule has 2 fully saturated rings. The Bertz CT molecular complexity index is 1620. The van der Waals surface area contributed by atoms with Gasteiger partial charge in [-0.2, -0.15) is 11.8 Å². The van der Waals surface area contributed by atoms with Crippen molar-refractivity contribution in [3.05, 3.63) is 90.5 Å². The molecule has 0 radical (unpaired) electrons. The molecule has 6 atom stereocenters. The topological polar surface area (TPSA) is 203 Å². The summed E-state index contributed by atoms with van der Waals surface area (Å²) in [7, 11) is 0. The summed E-state index contributed by atoms with van der Waals surface area (Å²) in [6.45, 7) is 3.41. The maximum absolute atomic E-state index is 13.6. The van der Waals surface area contributed by atoms with Crippen LogP contribution in [0.2, 0.25) is 0 Å². The molecule has 0 spiro atoms. The van der Waals surface area contributed by atoms with Crippen molar-refractivity contribution in [3.63, 3.8) is 0 Å². The van der Waals surface area contributed by atoms with Gasteiger partial charge in [0.05, 0.1) is 34.5 Å². The Labute approximate surface area is 289 Å². The number of hydrogen-bond donors (Lipinski definition) is 2. The molecule has 0 aromatic heterocycles. The van der Waals surface area contributed by atoms with Crippen LogP contribution in [0.5, 0.6) is 0 Å². The minimum Gasteiger partial charge on any atom is -0.456 e. The Morgan fingerprint density at radius 3 is 2.10 bits per heavy atom. The number of likely N-dealkylation sites (tertiary alicyclic amines) is 1. The van der Waals surface area contributed by atoms with Crippen LogP contribution in [0.25, 0.3) is 0 Å². The number of fused-ring (bicyclic) bond motifs is 1. The summed E-state index contributed by atoms with van der Waals surface area (Å²) in [6, 6.07) is 10.6. The maximum Gasteiger partial charge on any atom is 0.410 e. The fraction of sp³-hybridized carbons (Fsp3) is 0.469. The highest BCUT2D eigenvalue weighted by Gasteiger charge is 2.60. The fourth-order valence-corrected chi connectivity index (χ4v) is 8.79. The van der Waals surface area contributed by atoms with Crippen LogP contribution < -0.4 is 0 Å². The third kappa shape index (κ3) is 7.84. The van der Waals surface area contributed by atoms with Crippen molar-refractivity contribution in [2.75, 3.05) is 24.7 Å². The first-order valence-electron chi connectivity index (χ1n) is 15.6. The molecular weight excluding hydrogens is 681 g/mol. The number of ether oxygens (including phenoxy) is 2. The molecule has 262 valence electrons. The van der Waals surface area contributed by atoms with Crippen molar-refractivity contribution in [1.82, 2.24) is 9.80 Å². The fourth-order valence-electron chi connectivity index (χ4n) is 6.35. The second-order valence-electron chi connectivity index (χ2n) is 12.0. The van der Waals surface area contributed by atoms with Crippen molar-refractivity contribution >= 4 is 52.9 Å². The van der Waals surface area contributed by atoms with Gasteiger partial charge in [-0.15, -0.1) is 11.8 Å². The van der Waals surface area contributed by atoms with Crippen LogP contribution in [0, 0.1) is 32.1 Å². The van der Waals surface area contributed by atoms with Gasteiger partial charge >= 0.3 is 12.1 Å². The molecule has 0 bridgehead atoms. The molecule has 3 aliphatic rings. The van der Waals surface area contributed by atoms with Gasteiger partial charge in [0.25, 0.3) is 11.4 Å². The van der Waals surface area contributed by atoms with Gasteiger partial charge in [0.2, 0.25) is 5.91 Å². The van der Waals surface area contributed by atoms with Crippen LogP contribution in [-0.4, -0.2) is 95.9 Å². The van der Waals surface area contributed by atoms with E-state index in [4.69, 9.17) is 9.47 Å². The number of benzene rings is 2. The Kier molecular flexibility index (Phi) is 11.5. The van der Waals surface area contributed by atoms with Gasteiger partial charge < -0.3 is 29.5 Å². The lowest BCUT2D eigenvalue weighted by atomic mass is 9.79. The van der Waals surface area contributed by atoms with Crippen molar-refractivity contribution in [1.29, 1.82) is 0 Å². The van der Waals surface area contributed by atoms with Gasteiger partial charge in [0, 0.05) is 64.4 Å². The normalized spacial score (nSPS) is 23.6. The summed E-state index contributed by atoms with van der Waals surface area (Å²) in [5, 5.41) is 41.5. The molecule has 0 unspecified atom stereocenters. The van der Waals surface area contributed by atoms with E-state index in [1.807, 2.05) is 6.92 Å². The number of thioether (sulfide) groups is 2. The number of carbonyl (C=O) groups is 3. The van der Waals surface area contributed by atoms with Crippen LogP contribution >= 0.6 is 23.5 Å².